The molecule has 4 rings (SSSR count). The van der Waals surface area contributed by atoms with E-state index in [-0.39, 0.29) is 19.5 Å². The van der Waals surface area contributed by atoms with Crippen LogP contribution in [-0.2, 0) is 19.5 Å². The average Bonchev–Trinajstić information content (AvgIpc) is 2.68. The van der Waals surface area contributed by atoms with Crippen molar-refractivity contribution in [3.63, 3.8) is 0 Å². The Kier molecular flexibility index (Phi) is 2.30. The molecule has 0 aromatic rings. The molecule has 0 N–H and O–H groups in total. The second-order valence-electron chi connectivity index (χ2n) is 4.35. The minimum absolute atomic E-state index is 0. The molecule has 0 radical (unpaired) electrons. The van der Waals surface area contributed by atoms with Gasteiger partial charge in [0.15, 0.2) is 0 Å². The summed E-state index contributed by atoms with van der Waals surface area (Å²) in [4.78, 5) is 0. The number of nitrogens with zero attached hydrogens (tertiary/aromatic N) is 4. The van der Waals surface area contributed by atoms with Gasteiger partial charge in [-0.3, -0.25) is 0 Å². The predicted octanol–water partition coefficient (Wildman–Crippen LogP) is -0.0761. The van der Waals surface area contributed by atoms with Crippen LogP contribution in [0.25, 0.3) is 0 Å². The van der Waals surface area contributed by atoms with Gasteiger partial charge in [-0.15, -0.1) is 18.7 Å². The molecule has 0 bridgehead atoms. The minimum Gasteiger partial charge on any atom is -0.130 e. The normalized spacial score (nSPS) is 36.0. The van der Waals surface area contributed by atoms with Crippen molar-refractivity contribution in [2.75, 3.05) is 52.4 Å². The molecule has 0 unspecified atom stereocenters. The van der Waals surface area contributed by atoms with Crippen molar-refractivity contribution in [1.29, 1.82) is 0 Å². The Morgan fingerprint density at radius 2 is 0.714 bits per heavy atom. The molecule has 0 saturated carbocycles. The third-order valence-electron chi connectivity index (χ3n) is 3.98. The van der Waals surface area contributed by atoms with E-state index in [9.17, 15) is 0 Å². The molecular formula is C8H16N4PZn+3. The monoisotopic (exact) mass is 263 g/mol. The topological polar surface area (TPSA) is 13.0 Å². The Labute approximate surface area is 98.5 Å². The van der Waals surface area contributed by atoms with Gasteiger partial charge in [0.05, 0.1) is 52.4 Å². The van der Waals surface area contributed by atoms with Gasteiger partial charge in [-0.1, -0.05) is 0 Å². The second kappa shape index (κ2) is 3.19. The molecule has 0 aromatic heterocycles. The van der Waals surface area contributed by atoms with Crippen LogP contribution in [0.15, 0.2) is 0 Å². The summed E-state index contributed by atoms with van der Waals surface area (Å²) in [5.41, 5.74) is 0. The van der Waals surface area contributed by atoms with Gasteiger partial charge in [0, 0.05) is 0 Å². The SMILES string of the molecule is C1CN2CCN3CCN4CCN1[P+]243.[Zn+2]. The van der Waals surface area contributed by atoms with Crippen molar-refractivity contribution < 1.29 is 19.5 Å². The van der Waals surface area contributed by atoms with E-state index in [1.807, 2.05) is 0 Å². The van der Waals surface area contributed by atoms with Gasteiger partial charge in [0.2, 0.25) is 0 Å². The van der Waals surface area contributed by atoms with E-state index >= 15 is 0 Å². The van der Waals surface area contributed by atoms with Crippen molar-refractivity contribution in [3.8, 4) is 0 Å². The summed E-state index contributed by atoms with van der Waals surface area (Å²) in [6.07, 6.45) is 0. The molecule has 4 heterocycles. The average molecular weight is 265 g/mol. The largest absolute Gasteiger partial charge is 2.00 e. The van der Waals surface area contributed by atoms with Gasteiger partial charge in [0.25, 0.3) is 0 Å². The van der Waals surface area contributed by atoms with E-state index < -0.39 is 7.87 Å². The third-order valence-corrected chi connectivity index (χ3v) is 8.62. The first kappa shape index (κ1) is 10.1. The molecule has 72 valence electrons. The van der Waals surface area contributed by atoms with E-state index in [0.29, 0.717) is 0 Å². The first-order valence-electron chi connectivity index (χ1n) is 5.33. The summed E-state index contributed by atoms with van der Waals surface area (Å²) in [6.45, 7) is 10.7. The van der Waals surface area contributed by atoms with Crippen LogP contribution in [0.2, 0.25) is 0 Å². The smallest absolute Gasteiger partial charge is 0.130 e. The van der Waals surface area contributed by atoms with Crippen molar-refractivity contribution in [2.24, 2.45) is 0 Å². The van der Waals surface area contributed by atoms with E-state index in [0.717, 1.165) is 0 Å². The van der Waals surface area contributed by atoms with Gasteiger partial charge in [-0.25, -0.2) is 0 Å². The Morgan fingerprint density at radius 3 is 0.929 bits per heavy atom. The molecule has 1 spiro atoms. The summed E-state index contributed by atoms with van der Waals surface area (Å²) in [7, 11) is -1.01. The molecular weight excluding hydrogens is 248 g/mol. The van der Waals surface area contributed by atoms with Crippen LogP contribution < -0.4 is 0 Å². The summed E-state index contributed by atoms with van der Waals surface area (Å²) in [5.74, 6) is 0. The molecule has 0 aromatic carbocycles. The summed E-state index contributed by atoms with van der Waals surface area (Å²) < 4.78 is 11.1. The van der Waals surface area contributed by atoms with Crippen LogP contribution in [-0.4, -0.2) is 71.0 Å². The van der Waals surface area contributed by atoms with Crippen LogP contribution in [0, 0.1) is 0 Å². The molecule has 4 aliphatic heterocycles. The van der Waals surface area contributed by atoms with Crippen LogP contribution >= 0.6 is 7.87 Å². The van der Waals surface area contributed by atoms with Crippen LogP contribution in [0.5, 0.6) is 0 Å². The molecule has 14 heavy (non-hydrogen) atoms. The Morgan fingerprint density at radius 1 is 0.500 bits per heavy atom. The maximum Gasteiger partial charge on any atom is 2.00 e. The van der Waals surface area contributed by atoms with Crippen LogP contribution in [0.4, 0.5) is 0 Å². The first-order chi connectivity index (χ1) is 6.42. The minimum atomic E-state index is -1.01. The van der Waals surface area contributed by atoms with E-state index in [1.54, 1.807) is 0 Å². The standard InChI is InChI=1S/C8H16N4P.Zn/c1-2-10-5-6-12-8-7-11-4-3-9(1)13(10,11)12;/h1-8H2;/q+1;+2. The van der Waals surface area contributed by atoms with Gasteiger partial charge in [0.1, 0.15) is 0 Å². The molecule has 0 aliphatic carbocycles. The van der Waals surface area contributed by atoms with Crippen molar-refractivity contribution >= 4 is 7.87 Å². The Bertz CT molecular complexity index is 194. The molecule has 4 saturated heterocycles. The Hall–Kier alpha value is 0.893. The van der Waals surface area contributed by atoms with Gasteiger partial charge in [-0.05, 0) is 0 Å². The number of hydrogen-bond acceptors (Lipinski definition) is 4. The zero-order valence-electron chi connectivity index (χ0n) is 8.60. The van der Waals surface area contributed by atoms with E-state index in [4.69, 9.17) is 0 Å². The first-order valence-corrected chi connectivity index (χ1v) is 6.93. The summed E-state index contributed by atoms with van der Waals surface area (Å²) in [5, 5.41) is 0. The molecule has 6 heteroatoms. The third kappa shape index (κ3) is 0.905. The fourth-order valence-corrected chi connectivity index (χ4v) is 8.53. The molecule has 0 atom stereocenters. The van der Waals surface area contributed by atoms with Crippen molar-refractivity contribution in [2.45, 2.75) is 0 Å². The second-order valence-corrected chi connectivity index (χ2v) is 7.69. The summed E-state index contributed by atoms with van der Waals surface area (Å²) in [6, 6.07) is 0. The van der Waals surface area contributed by atoms with E-state index in [2.05, 4.69) is 18.7 Å². The molecule has 4 nitrogen and oxygen atoms in total. The van der Waals surface area contributed by atoms with Crippen LogP contribution in [0.3, 0.4) is 0 Å². The van der Waals surface area contributed by atoms with Gasteiger partial charge < -0.3 is 0 Å². The fourth-order valence-electron chi connectivity index (χ4n) is 3.52. The molecule has 0 amide bonds. The van der Waals surface area contributed by atoms with Crippen molar-refractivity contribution in [1.82, 2.24) is 18.7 Å². The maximum atomic E-state index is 2.78. The van der Waals surface area contributed by atoms with Gasteiger partial charge >= 0.3 is 27.3 Å². The Balaban J connectivity index is 0.000000640. The molecule has 4 fully saturated rings. The zero-order valence-corrected chi connectivity index (χ0v) is 12.5. The quantitative estimate of drug-likeness (QED) is 0.448. The number of hydrogen-bond donors (Lipinski definition) is 0. The van der Waals surface area contributed by atoms with Gasteiger partial charge in [-0.2, -0.15) is 0 Å². The van der Waals surface area contributed by atoms with E-state index in [1.165, 1.54) is 52.4 Å². The predicted molar refractivity (Wildman–Crippen MR) is 53.2 cm³/mol. The van der Waals surface area contributed by atoms with Crippen molar-refractivity contribution in [3.05, 3.63) is 0 Å². The maximum absolute atomic E-state index is 2.78. The van der Waals surface area contributed by atoms with Crippen LogP contribution in [0.1, 0.15) is 0 Å². The molecule has 4 aliphatic rings. The number of rotatable bonds is 0. The fraction of sp³-hybridized carbons (Fsp3) is 1.00. The summed E-state index contributed by atoms with van der Waals surface area (Å²) >= 11 is 0. The zero-order chi connectivity index (χ0) is 8.47.